The average Bonchev–Trinajstić information content (AvgIpc) is 3.02. The third-order valence-electron chi connectivity index (χ3n) is 14.3. The zero-order valence-corrected chi connectivity index (χ0v) is 33.5. The van der Waals surface area contributed by atoms with Gasteiger partial charge in [0.2, 0.25) is 11.1 Å². The Morgan fingerprint density at radius 1 is 0.636 bits per heavy atom. The van der Waals surface area contributed by atoms with Gasteiger partial charge < -0.3 is 19.9 Å². The number of halogens is 1. The number of nitrogens with one attached hydrogen (secondary N) is 1. The number of hydrogen-bond donors (Lipinski definition) is 2. The minimum Gasteiger partial charge on any atom is -0.431 e. The SMILES string of the molecule is CC12CC3CC(C)(C1)CC(CC(=O)Cl)(C3)C2.CC12CC3CC(C)(C1)CC(CC(=O)Nc1cccc4c(=O)occc14)(C3)C2.Nc1cccc2c(=O)occc12. The van der Waals surface area contributed by atoms with Gasteiger partial charge in [0.05, 0.1) is 23.3 Å². The van der Waals surface area contributed by atoms with Crippen LogP contribution in [0.15, 0.2) is 79.5 Å². The van der Waals surface area contributed by atoms with Crippen LogP contribution in [0.2, 0.25) is 0 Å². The number of nitrogens with two attached hydrogens (primary N) is 1. The Morgan fingerprint density at radius 3 is 1.56 bits per heavy atom. The van der Waals surface area contributed by atoms with E-state index < -0.39 is 0 Å². The molecular weight excluding hydrogens is 712 g/mol. The third-order valence-corrected chi connectivity index (χ3v) is 14.4. The number of rotatable bonds is 5. The molecule has 2 aromatic heterocycles. The van der Waals surface area contributed by atoms with Crippen LogP contribution in [0, 0.1) is 44.3 Å². The molecule has 0 saturated heterocycles. The summed E-state index contributed by atoms with van der Waals surface area (Å²) in [5.74, 6) is 1.72. The van der Waals surface area contributed by atoms with Crippen LogP contribution in [-0.2, 0) is 9.59 Å². The second-order valence-corrected chi connectivity index (χ2v) is 20.9. The lowest BCUT2D eigenvalue weighted by Gasteiger charge is -2.65. The van der Waals surface area contributed by atoms with Crippen molar-refractivity contribution >= 4 is 55.7 Å². The van der Waals surface area contributed by atoms with Gasteiger partial charge >= 0.3 is 11.3 Å². The molecule has 4 atom stereocenters. The van der Waals surface area contributed by atoms with Gasteiger partial charge in [-0.15, -0.1) is 0 Å². The van der Waals surface area contributed by atoms with Gasteiger partial charge in [0.15, 0.2) is 0 Å². The highest BCUT2D eigenvalue weighted by Gasteiger charge is 2.61. The first-order chi connectivity index (χ1) is 25.9. The number of anilines is 2. The summed E-state index contributed by atoms with van der Waals surface area (Å²) in [5.41, 5.74) is 8.46. The molecular formula is C46H55ClN2O6. The molecule has 8 aliphatic carbocycles. The van der Waals surface area contributed by atoms with Gasteiger partial charge in [0.25, 0.3) is 0 Å². The molecule has 2 aromatic carbocycles. The molecule has 8 nitrogen and oxygen atoms in total. The molecule has 4 unspecified atom stereocenters. The first-order valence-corrected chi connectivity index (χ1v) is 20.5. The fourth-order valence-electron chi connectivity index (χ4n) is 15.0. The molecule has 8 aliphatic rings. The molecule has 3 N–H and O–H groups in total. The average molecular weight is 767 g/mol. The monoisotopic (exact) mass is 766 g/mol. The third kappa shape index (κ3) is 7.52. The molecule has 292 valence electrons. The molecule has 9 heteroatoms. The van der Waals surface area contributed by atoms with E-state index in [1.807, 2.05) is 6.07 Å². The molecule has 8 saturated carbocycles. The van der Waals surface area contributed by atoms with Gasteiger partial charge in [-0.2, -0.15) is 0 Å². The second kappa shape index (κ2) is 13.3. The number of fused-ring (bicyclic) bond motifs is 2. The molecule has 2 heterocycles. The molecule has 0 spiro atoms. The number of benzene rings is 2. The summed E-state index contributed by atoms with van der Waals surface area (Å²) in [6.07, 6.45) is 19.4. The van der Waals surface area contributed by atoms with Gasteiger partial charge in [-0.05, 0) is 169 Å². The Kier molecular flexibility index (Phi) is 9.22. The predicted molar refractivity (Wildman–Crippen MR) is 218 cm³/mol. The van der Waals surface area contributed by atoms with Crippen LogP contribution >= 0.6 is 11.6 Å². The molecule has 8 fully saturated rings. The van der Waals surface area contributed by atoms with Crippen molar-refractivity contribution in [1.29, 1.82) is 0 Å². The summed E-state index contributed by atoms with van der Waals surface area (Å²) in [6.45, 7) is 9.74. The predicted octanol–water partition coefficient (Wildman–Crippen LogP) is 10.6. The van der Waals surface area contributed by atoms with E-state index in [4.69, 9.17) is 21.8 Å². The van der Waals surface area contributed by atoms with Gasteiger partial charge in [-0.1, -0.05) is 39.8 Å². The van der Waals surface area contributed by atoms with E-state index in [2.05, 4.69) is 37.4 Å². The van der Waals surface area contributed by atoms with Crippen molar-refractivity contribution in [3.8, 4) is 0 Å². The number of hydrogen-bond acceptors (Lipinski definition) is 7. The molecule has 1 amide bonds. The van der Waals surface area contributed by atoms with Crippen LogP contribution in [0.4, 0.5) is 11.4 Å². The first-order valence-electron chi connectivity index (χ1n) is 20.1. The van der Waals surface area contributed by atoms with Crippen molar-refractivity contribution in [2.24, 2.45) is 44.3 Å². The zero-order chi connectivity index (χ0) is 39.0. The lowest BCUT2D eigenvalue weighted by molar-refractivity contribution is -0.154. The van der Waals surface area contributed by atoms with Crippen LogP contribution in [0.25, 0.3) is 21.5 Å². The van der Waals surface area contributed by atoms with E-state index in [9.17, 15) is 19.2 Å². The molecule has 8 bridgehead atoms. The summed E-state index contributed by atoms with van der Waals surface area (Å²) in [5, 5.41) is 5.49. The summed E-state index contributed by atoms with van der Waals surface area (Å²) < 4.78 is 9.63. The Balaban J connectivity index is 0.000000129. The van der Waals surface area contributed by atoms with Crippen molar-refractivity contribution in [2.45, 2.75) is 118 Å². The van der Waals surface area contributed by atoms with Gasteiger partial charge in [0, 0.05) is 35.0 Å². The normalized spacial score (nSPS) is 36.2. The lowest BCUT2D eigenvalue weighted by Crippen LogP contribution is -2.55. The molecule has 0 aliphatic heterocycles. The van der Waals surface area contributed by atoms with Crippen molar-refractivity contribution in [1.82, 2.24) is 0 Å². The fraction of sp³-hybridized carbons (Fsp3) is 0.565. The fourth-order valence-corrected chi connectivity index (χ4v) is 15.3. The Labute approximate surface area is 327 Å². The van der Waals surface area contributed by atoms with Crippen molar-refractivity contribution in [2.75, 3.05) is 11.1 Å². The van der Waals surface area contributed by atoms with Crippen LogP contribution in [0.1, 0.15) is 118 Å². The Hall–Kier alpha value is -3.91. The Morgan fingerprint density at radius 2 is 1.09 bits per heavy atom. The summed E-state index contributed by atoms with van der Waals surface area (Å²) >= 11 is 5.67. The second-order valence-electron chi connectivity index (χ2n) is 20.5. The minimum atomic E-state index is -0.370. The standard InChI is InChI=1S/C23H27NO3.C14H21ClO.C9H7NO2/c1-21-8-15-9-22(2,12-21)14-23(10-15,13-21)11-19(25)24-18-5-3-4-17-16(18)6-7-27-20(17)26;1-12-3-10-4-13(2,7-12)9-14(5-10,8-12)6-11(15)16;10-8-3-1-2-7-6(8)4-5-12-9(7)11/h3-7,15H,8-14H2,1-2H3,(H,24,25);10H,3-9H2,1-2H3;1-5H,10H2. The maximum atomic E-state index is 13.0. The van der Waals surface area contributed by atoms with E-state index in [0.29, 0.717) is 56.6 Å². The van der Waals surface area contributed by atoms with E-state index in [1.165, 1.54) is 89.6 Å². The van der Waals surface area contributed by atoms with E-state index in [1.54, 1.807) is 42.5 Å². The quantitative estimate of drug-likeness (QED) is 0.153. The molecule has 55 heavy (non-hydrogen) atoms. The number of amides is 1. The molecule has 4 aromatic rings. The zero-order valence-electron chi connectivity index (χ0n) is 32.7. The van der Waals surface area contributed by atoms with Crippen molar-refractivity contribution in [3.05, 3.63) is 81.9 Å². The largest absolute Gasteiger partial charge is 0.431 e. The van der Waals surface area contributed by atoms with E-state index >= 15 is 0 Å². The first kappa shape index (κ1) is 38.0. The van der Waals surface area contributed by atoms with Gasteiger partial charge in [0.1, 0.15) is 0 Å². The van der Waals surface area contributed by atoms with Crippen LogP contribution in [0.5, 0.6) is 0 Å². The number of carbonyl (C=O) groups excluding carboxylic acids is 2. The van der Waals surface area contributed by atoms with Crippen LogP contribution < -0.4 is 22.3 Å². The number of nitrogen functional groups attached to an aromatic ring is 1. The maximum Gasteiger partial charge on any atom is 0.343 e. The maximum absolute atomic E-state index is 13.0. The van der Waals surface area contributed by atoms with Gasteiger partial charge in [-0.3, -0.25) is 9.59 Å². The lowest BCUT2D eigenvalue weighted by atomic mass is 9.40. The summed E-state index contributed by atoms with van der Waals surface area (Å²) in [7, 11) is 0. The highest BCUT2D eigenvalue weighted by atomic mass is 35.5. The highest BCUT2D eigenvalue weighted by Crippen LogP contribution is 2.71. The summed E-state index contributed by atoms with van der Waals surface area (Å²) in [4.78, 5) is 47.3. The van der Waals surface area contributed by atoms with Crippen LogP contribution in [-0.4, -0.2) is 11.1 Å². The number of carbonyl (C=O) groups is 2. The van der Waals surface area contributed by atoms with Crippen molar-refractivity contribution < 1.29 is 18.4 Å². The topological polar surface area (TPSA) is 133 Å². The van der Waals surface area contributed by atoms with E-state index in [-0.39, 0.29) is 33.2 Å². The Bertz CT molecular complexity index is 2260. The summed E-state index contributed by atoms with van der Waals surface area (Å²) in [6, 6.07) is 14.0. The smallest absolute Gasteiger partial charge is 0.343 e. The molecule has 0 radical (unpaired) electrons. The minimum absolute atomic E-state index is 0.0740. The van der Waals surface area contributed by atoms with Crippen LogP contribution in [0.3, 0.4) is 0 Å². The highest BCUT2D eigenvalue weighted by molar-refractivity contribution is 6.63. The van der Waals surface area contributed by atoms with E-state index in [0.717, 1.165) is 22.6 Å². The molecule has 12 rings (SSSR count). The van der Waals surface area contributed by atoms with Crippen molar-refractivity contribution in [3.63, 3.8) is 0 Å². The van der Waals surface area contributed by atoms with Gasteiger partial charge in [-0.25, -0.2) is 9.59 Å².